The molecular weight excluding hydrogens is 234 g/mol. The van der Waals surface area contributed by atoms with Gasteiger partial charge in [0.1, 0.15) is 5.78 Å². The van der Waals surface area contributed by atoms with Crippen LogP contribution in [0.4, 0.5) is 5.69 Å². The fourth-order valence-corrected chi connectivity index (χ4v) is 3.05. The molecule has 1 fully saturated rings. The van der Waals surface area contributed by atoms with Gasteiger partial charge in [0.05, 0.1) is 0 Å². The third kappa shape index (κ3) is 3.59. The van der Waals surface area contributed by atoms with Crippen LogP contribution in [0.15, 0.2) is 24.3 Å². The van der Waals surface area contributed by atoms with Crippen molar-refractivity contribution >= 4 is 11.5 Å². The number of Topliss-reactive ketones (excluding diaryl/α,β-unsaturated/α-hetero) is 1. The Kier molecular flexibility index (Phi) is 4.62. The van der Waals surface area contributed by atoms with Crippen molar-refractivity contribution in [2.45, 2.75) is 39.5 Å². The SMILES string of the molecule is CCC1CCC(=O)C(CN(C)c2cccc(C)c2)C1. The zero-order valence-electron chi connectivity index (χ0n) is 12.4. The molecule has 0 aromatic heterocycles. The molecule has 0 bridgehead atoms. The van der Waals surface area contributed by atoms with E-state index in [4.69, 9.17) is 0 Å². The molecule has 0 N–H and O–H groups in total. The van der Waals surface area contributed by atoms with Gasteiger partial charge in [-0.3, -0.25) is 4.79 Å². The Morgan fingerprint density at radius 1 is 1.37 bits per heavy atom. The number of carbonyl (C=O) groups is 1. The molecule has 2 heteroatoms. The highest BCUT2D eigenvalue weighted by Gasteiger charge is 2.28. The molecule has 0 heterocycles. The molecule has 2 unspecified atom stereocenters. The van der Waals surface area contributed by atoms with E-state index < -0.39 is 0 Å². The standard InChI is InChI=1S/C17H25NO/c1-4-14-8-9-17(19)15(11-14)12-18(3)16-7-5-6-13(2)10-16/h5-7,10,14-15H,4,8-9,11-12H2,1-3H3. The lowest BCUT2D eigenvalue weighted by Gasteiger charge is -2.31. The lowest BCUT2D eigenvalue weighted by atomic mass is 9.79. The third-order valence-electron chi connectivity index (χ3n) is 4.39. The summed E-state index contributed by atoms with van der Waals surface area (Å²) in [6.07, 6.45) is 4.16. The Hall–Kier alpha value is -1.31. The number of carbonyl (C=O) groups excluding carboxylic acids is 1. The maximum Gasteiger partial charge on any atom is 0.137 e. The van der Waals surface area contributed by atoms with Crippen LogP contribution in [0.1, 0.15) is 38.2 Å². The predicted molar refractivity (Wildman–Crippen MR) is 80.6 cm³/mol. The highest BCUT2D eigenvalue weighted by molar-refractivity contribution is 5.82. The first-order chi connectivity index (χ1) is 9.10. The van der Waals surface area contributed by atoms with Gasteiger partial charge in [0.15, 0.2) is 0 Å². The highest BCUT2D eigenvalue weighted by atomic mass is 16.1. The maximum atomic E-state index is 12.1. The number of hydrogen-bond acceptors (Lipinski definition) is 2. The van der Waals surface area contributed by atoms with E-state index in [2.05, 4.69) is 50.1 Å². The lowest BCUT2D eigenvalue weighted by molar-refractivity contribution is -0.125. The van der Waals surface area contributed by atoms with E-state index in [1.54, 1.807) is 0 Å². The minimum Gasteiger partial charge on any atom is -0.374 e. The van der Waals surface area contributed by atoms with Gasteiger partial charge < -0.3 is 4.90 Å². The second kappa shape index (κ2) is 6.23. The molecule has 2 atom stereocenters. The molecule has 2 nitrogen and oxygen atoms in total. The number of nitrogens with zero attached hydrogens (tertiary/aromatic N) is 1. The summed E-state index contributed by atoms with van der Waals surface area (Å²) in [4.78, 5) is 14.3. The Labute approximate surface area is 116 Å². The van der Waals surface area contributed by atoms with Crippen LogP contribution in [0.5, 0.6) is 0 Å². The largest absolute Gasteiger partial charge is 0.374 e. The van der Waals surface area contributed by atoms with E-state index >= 15 is 0 Å². The summed E-state index contributed by atoms with van der Waals surface area (Å²) in [5.41, 5.74) is 2.48. The fraction of sp³-hybridized carbons (Fsp3) is 0.588. The van der Waals surface area contributed by atoms with Gasteiger partial charge in [0, 0.05) is 31.6 Å². The van der Waals surface area contributed by atoms with Gasteiger partial charge in [-0.05, 0) is 43.4 Å². The Morgan fingerprint density at radius 3 is 2.84 bits per heavy atom. The van der Waals surface area contributed by atoms with Crippen molar-refractivity contribution < 1.29 is 4.79 Å². The molecule has 1 aliphatic carbocycles. The molecule has 104 valence electrons. The molecule has 2 rings (SSSR count). The predicted octanol–water partition coefficient (Wildman–Crippen LogP) is 3.83. The van der Waals surface area contributed by atoms with Crippen LogP contribution >= 0.6 is 0 Å². The number of ketones is 1. The van der Waals surface area contributed by atoms with E-state index in [-0.39, 0.29) is 5.92 Å². The summed E-state index contributed by atoms with van der Waals surface area (Å²) in [5, 5.41) is 0. The van der Waals surface area contributed by atoms with Gasteiger partial charge in [-0.1, -0.05) is 25.5 Å². The van der Waals surface area contributed by atoms with Gasteiger partial charge in [0.2, 0.25) is 0 Å². The molecule has 0 amide bonds. The second-order valence-corrected chi connectivity index (χ2v) is 5.93. The molecule has 0 saturated heterocycles. The number of rotatable bonds is 4. The molecule has 0 spiro atoms. The van der Waals surface area contributed by atoms with Crippen molar-refractivity contribution in [3.8, 4) is 0 Å². The van der Waals surface area contributed by atoms with Gasteiger partial charge in [-0.2, -0.15) is 0 Å². The normalized spacial score (nSPS) is 23.4. The molecule has 0 radical (unpaired) electrons. The Balaban J connectivity index is 2.01. The summed E-state index contributed by atoms with van der Waals surface area (Å²) in [7, 11) is 2.09. The minimum atomic E-state index is 0.226. The number of anilines is 1. The Morgan fingerprint density at radius 2 is 2.16 bits per heavy atom. The summed E-state index contributed by atoms with van der Waals surface area (Å²) in [6.45, 7) is 5.21. The average molecular weight is 259 g/mol. The summed E-state index contributed by atoms with van der Waals surface area (Å²) in [5.74, 6) is 1.43. The van der Waals surface area contributed by atoms with Gasteiger partial charge in [0.25, 0.3) is 0 Å². The zero-order chi connectivity index (χ0) is 13.8. The number of aryl methyl sites for hydroxylation is 1. The maximum absolute atomic E-state index is 12.1. The van der Waals surface area contributed by atoms with E-state index in [1.165, 1.54) is 17.7 Å². The second-order valence-electron chi connectivity index (χ2n) is 5.93. The van der Waals surface area contributed by atoms with Crippen LogP contribution in [-0.4, -0.2) is 19.4 Å². The summed E-state index contributed by atoms with van der Waals surface area (Å²) < 4.78 is 0. The first kappa shape index (κ1) is 14.1. The van der Waals surface area contributed by atoms with Crippen LogP contribution in [0.2, 0.25) is 0 Å². The van der Waals surface area contributed by atoms with E-state index in [0.29, 0.717) is 5.78 Å². The van der Waals surface area contributed by atoms with Gasteiger partial charge >= 0.3 is 0 Å². The van der Waals surface area contributed by atoms with Crippen molar-refractivity contribution in [1.82, 2.24) is 0 Å². The van der Waals surface area contributed by atoms with Crippen LogP contribution in [-0.2, 0) is 4.79 Å². The quantitative estimate of drug-likeness (QED) is 0.819. The molecular formula is C17H25NO. The highest BCUT2D eigenvalue weighted by Crippen LogP contribution is 2.30. The molecule has 1 aliphatic rings. The van der Waals surface area contributed by atoms with Crippen molar-refractivity contribution in [2.24, 2.45) is 11.8 Å². The fourth-order valence-electron chi connectivity index (χ4n) is 3.05. The molecule has 1 aromatic rings. The molecule has 0 aliphatic heterocycles. The van der Waals surface area contributed by atoms with Crippen molar-refractivity contribution in [1.29, 1.82) is 0 Å². The van der Waals surface area contributed by atoms with Crippen LogP contribution in [0.25, 0.3) is 0 Å². The monoisotopic (exact) mass is 259 g/mol. The molecule has 19 heavy (non-hydrogen) atoms. The van der Waals surface area contributed by atoms with Crippen molar-refractivity contribution in [2.75, 3.05) is 18.5 Å². The Bertz CT molecular complexity index is 441. The third-order valence-corrected chi connectivity index (χ3v) is 4.39. The van der Waals surface area contributed by atoms with Crippen LogP contribution in [0, 0.1) is 18.8 Å². The summed E-state index contributed by atoms with van der Waals surface area (Å²) in [6, 6.07) is 8.50. The summed E-state index contributed by atoms with van der Waals surface area (Å²) >= 11 is 0. The first-order valence-corrected chi connectivity index (χ1v) is 7.40. The van der Waals surface area contributed by atoms with Gasteiger partial charge in [-0.15, -0.1) is 0 Å². The number of benzene rings is 1. The van der Waals surface area contributed by atoms with Gasteiger partial charge in [-0.25, -0.2) is 0 Å². The molecule has 1 aromatic carbocycles. The van der Waals surface area contributed by atoms with Crippen LogP contribution < -0.4 is 4.90 Å². The van der Waals surface area contributed by atoms with E-state index in [9.17, 15) is 4.79 Å². The van der Waals surface area contributed by atoms with Crippen molar-refractivity contribution in [3.63, 3.8) is 0 Å². The van der Waals surface area contributed by atoms with Crippen LogP contribution in [0.3, 0.4) is 0 Å². The lowest BCUT2D eigenvalue weighted by Crippen LogP contribution is -2.34. The minimum absolute atomic E-state index is 0.226. The topological polar surface area (TPSA) is 20.3 Å². The smallest absolute Gasteiger partial charge is 0.137 e. The average Bonchev–Trinajstić information content (AvgIpc) is 2.41. The first-order valence-electron chi connectivity index (χ1n) is 7.40. The number of hydrogen-bond donors (Lipinski definition) is 0. The van der Waals surface area contributed by atoms with Crippen molar-refractivity contribution in [3.05, 3.63) is 29.8 Å². The van der Waals surface area contributed by atoms with E-state index in [0.717, 1.165) is 31.7 Å². The van der Waals surface area contributed by atoms with E-state index in [1.807, 2.05) is 0 Å². The zero-order valence-corrected chi connectivity index (χ0v) is 12.4. The molecule has 1 saturated carbocycles.